The van der Waals surface area contributed by atoms with Gasteiger partial charge in [-0.1, -0.05) is 45.4 Å². The molecular weight excluding hydrogens is 376 g/mol. The number of benzene rings is 1. The second-order valence-corrected chi connectivity index (χ2v) is 10.2. The van der Waals surface area contributed by atoms with Gasteiger partial charge in [0.15, 0.2) is 11.6 Å². The highest BCUT2D eigenvalue weighted by Crippen LogP contribution is 2.54. The second kappa shape index (κ2) is 6.21. The number of carbonyl (C=O) groups excluding carboxylic acids is 2. The largest absolute Gasteiger partial charge is 0.512 e. The van der Waals surface area contributed by atoms with Crippen LogP contribution in [0.4, 0.5) is 0 Å². The minimum Gasteiger partial charge on any atom is -0.512 e. The van der Waals surface area contributed by atoms with E-state index in [4.69, 9.17) is 16.3 Å². The van der Waals surface area contributed by atoms with E-state index in [1.165, 1.54) is 0 Å². The van der Waals surface area contributed by atoms with Gasteiger partial charge >= 0.3 is 0 Å². The molecule has 4 nitrogen and oxygen atoms in total. The number of hydrogen-bond donors (Lipinski definition) is 1. The maximum atomic E-state index is 13.2. The van der Waals surface area contributed by atoms with Crippen molar-refractivity contribution < 1.29 is 19.4 Å². The number of ether oxygens (including phenoxy) is 1. The molecule has 0 spiro atoms. The van der Waals surface area contributed by atoms with Crippen LogP contribution in [0.2, 0.25) is 5.02 Å². The van der Waals surface area contributed by atoms with Crippen molar-refractivity contribution in [2.75, 3.05) is 0 Å². The lowest BCUT2D eigenvalue weighted by Crippen LogP contribution is -2.36. The average molecular weight is 401 g/mol. The Kier molecular flexibility index (Phi) is 4.27. The van der Waals surface area contributed by atoms with Crippen molar-refractivity contribution in [2.24, 2.45) is 10.8 Å². The Labute approximate surface area is 170 Å². The normalized spacial score (nSPS) is 26.0. The molecule has 5 heteroatoms. The van der Waals surface area contributed by atoms with Crippen LogP contribution in [0.15, 0.2) is 40.9 Å². The molecule has 0 aromatic heterocycles. The molecule has 1 heterocycles. The van der Waals surface area contributed by atoms with Crippen molar-refractivity contribution in [1.29, 1.82) is 0 Å². The number of allylic oxidation sites excluding steroid dienone is 4. The van der Waals surface area contributed by atoms with Crippen LogP contribution in [0.25, 0.3) is 0 Å². The van der Waals surface area contributed by atoms with E-state index in [1.807, 2.05) is 27.7 Å². The lowest BCUT2D eigenvalue weighted by Gasteiger charge is -2.40. The van der Waals surface area contributed by atoms with Crippen molar-refractivity contribution in [3.05, 3.63) is 51.4 Å². The van der Waals surface area contributed by atoms with Gasteiger partial charge in [-0.15, -0.1) is 0 Å². The fourth-order valence-corrected chi connectivity index (χ4v) is 5.05. The predicted molar refractivity (Wildman–Crippen MR) is 108 cm³/mol. The van der Waals surface area contributed by atoms with Gasteiger partial charge in [0, 0.05) is 47.4 Å². The standard InChI is InChI=1S/C23H25ClO4/c1-22(2)8-13(25)19(14(26)9-22)21-18-12(24)6-5-7-16(18)28-17-11-23(3,4)10-15(27)20(17)21/h5-7,21,25H,8-11H2,1-4H3. The lowest BCUT2D eigenvalue weighted by atomic mass is 9.66. The van der Waals surface area contributed by atoms with E-state index in [-0.39, 0.29) is 28.2 Å². The minimum absolute atomic E-state index is 0.0419. The summed E-state index contributed by atoms with van der Waals surface area (Å²) in [4.78, 5) is 26.3. The molecule has 0 bridgehead atoms. The third kappa shape index (κ3) is 3.08. The molecule has 0 saturated heterocycles. The molecule has 0 radical (unpaired) electrons. The van der Waals surface area contributed by atoms with Gasteiger partial charge in [0.05, 0.1) is 5.92 Å². The zero-order valence-electron chi connectivity index (χ0n) is 16.7. The first-order valence-corrected chi connectivity index (χ1v) is 10.0. The van der Waals surface area contributed by atoms with E-state index in [0.29, 0.717) is 58.9 Å². The van der Waals surface area contributed by atoms with Crippen LogP contribution in [-0.2, 0) is 9.59 Å². The van der Waals surface area contributed by atoms with E-state index in [1.54, 1.807) is 18.2 Å². The smallest absolute Gasteiger partial charge is 0.163 e. The quantitative estimate of drug-likeness (QED) is 0.660. The molecule has 0 saturated carbocycles. The summed E-state index contributed by atoms with van der Waals surface area (Å²) in [5.41, 5.74) is 0.859. The summed E-state index contributed by atoms with van der Waals surface area (Å²) in [5.74, 6) is 0.373. The molecule has 1 unspecified atom stereocenters. The summed E-state index contributed by atoms with van der Waals surface area (Å²) >= 11 is 6.51. The highest BCUT2D eigenvalue weighted by molar-refractivity contribution is 6.32. The number of carbonyl (C=O) groups is 2. The number of hydrogen-bond acceptors (Lipinski definition) is 4. The Bertz CT molecular complexity index is 965. The Hall–Kier alpha value is -2.07. The first kappa shape index (κ1) is 19.3. The van der Waals surface area contributed by atoms with E-state index in [0.717, 1.165) is 0 Å². The number of halogens is 1. The van der Waals surface area contributed by atoms with E-state index >= 15 is 0 Å². The van der Waals surface area contributed by atoms with Crippen molar-refractivity contribution in [2.45, 2.75) is 59.3 Å². The van der Waals surface area contributed by atoms with Gasteiger partial charge in [-0.3, -0.25) is 9.59 Å². The summed E-state index contributed by atoms with van der Waals surface area (Å²) < 4.78 is 6.11. The third-order valence-corrected chi connectivity index (χ3v) is 6.22. The molecule has 1 N–H and O–H groups in total. The SMILES string of the molecule is CC1(C)CC(=O)C(C2C3=C(CC(C)(C)CC3=O)Oc3cccc(Cl)c32)=C(O)C1. The molecular formula is C23H25ClO4. The summed E-state index contributed by atoms with van der Waals surface area (Å²) in [6.07, 6.45) is 1.70. The fraction of sp³-hybridized carbons (Fsp3) is 0.478. The van der Waals surface area contributed by atoms with Gasteiger partial charge in [-0.2, -0.15) is 0 Å². The lowest BCUT2D eigenvalue weighted by molar-refractivity contribution is -0.119. The summed E-state index contributed by atoms with van der Waals surface area (Å²) in [7, 11) is 0. The summed E-state index contributed by atoms with van der Waals surface area (Å²) in [5, 5.41) is 11.3. The van der Waals surface area contributed by atoms with Gasteiger partial charge in [-0.05, 0) is 23.0 Å². The van der Waals surface area contributed by atoms with Crippen molar-refractivity contribution in [3.63, 3.8) is 0 Å². The molecule has 1 aromatic carbocycles. The molecule has 4 rings (SSSR count). The Morgan fingerprint density at radius 1 is 0.964 bits per heavy atom. The summed E-state index contributed by atoms with van der Waals surface area (Å²) in [6.45, 7) is 7.99. The van der Waals surface area contributed by atoms with Crippen molar-refractivity contribution in [1.82, 2.24) is 0 Å². The zero-order chi connectivity index (χ0) is 20.4. The van der Waals surface area contributed by atoms with Crippen LogP contribution in [0.1, 0.15) is 64.9 Å². The fourth-order valence-electron chi connectivity index (χ4n) is 4.77. The van der Waals surface area contributed by atoms with Crippen LogP contribution in [0.3, 0.4) is 0 Å². The Balaban J connectivity index is 1.97. The number of Topliss-reactive ketones (excluding diaryl/α,β-unsaturated/α-hetero) is 2. The molecule has 0 fully saturated rings. The summed E-state index contributed by atoms with van der Waals surface area (Å²) in [6, 6.07) is 5.33. The predicted octanol–water partition coefficient (Wildman–Crippen LogP) is 5.66. The molecule has 2 aliphatic carbocycles. The van der Waals surface area contributed by atoms with Gasteiger partial charge < -0.3 is 9.84 Å². The first-order valence-electron chi connectivity index (χ1n) is 9.67. The van der Waals surface area contributed by atoms with Crippen molar-refractivity contribution in [3.8, 4) is 5.75 Å². The first-order chi connectivity index (χ1) is 13.0. The molecule has 1 aliphatic heterocycles. The maximum absolute atomic E-state index is 13.2. The zero-order valence-corrected chi connectivity index (χ0v) is 17.4. The van der Waals surface area contributed by atoms with Gasteiger partial charge in [0.2, 0.25) is 0 Å². The highest BCUT2D eigenvalue weighted by atomic mass is 35.5. The topological polar surface area (TPSA) is 63.6 Å². The number of ketones is 2. The molecule has 148 valence electrons. The van der Waals surface area contributed by atoms with Crippen LogP contribution in [0.5, 0.6) is 5.75 Å². The van der Waals surface area contributed by atoms with Gasteiger partial charge in [-0.25, -0.2) is 0 Å². The Morgan fingerprint density at radius 2 is 1.57 bits per heavy atom. The molecule has 0 amide bonds. The molecule has 1 atom stereocenters. The second-order valence-electron chi connectivity index (χ2n) is 9.77. The van der Waals surface area contributed by atoms with Gasteiger partial charge in [0.1, 0.15) is 17.3 Å². The van der Waals surface area contributed by atoms with E-state index < -0.39 is 5.92 Å². The van der Waals surface area contributed by atoms with Crippen LogP contribution < -0.4 is 4.74 Å². The van der Waals surface area contributed by atoms with Crippen LogP contribution in [-0.4, -0.2) is 16.7 Å². The van der Waals surface area contributed by atoms with E-state index in [9.17, 15) is 14.7 Å². The minimum atomic E-state index is -0.667. The van der Waals surface area contributed by atoms with Crippen molar-refractivity contribution >= 4 is 23.2 Å². The maximum Gasteiger partial charge on any atom is 0.163 e. The average Bonchev–Trinajstić information content (AvgIpc) is 2.50. The molecule has 3 aliphatic rings. The Morgan fingerprint density at radius 3 is 2.21 bits per heavy atom. The number of aliphatic hydroxyl groups is 1. The third-order valence-electron chi connectivity index (χ3n) is 5.89. The molecule has 1 aromatic rings. The highest BCUT2D eigenvalue weighted by Gasteiger charge is 2.47. The van der Waals surface area contributed by atoms with Crippen LogP contribution in [0, 0.1) is 10.8 Å². The molecule has 28 heavy (non-hydrogen) atoms. The van der Waals surface area contributed by atoms with Gasteiger partial charge in [0.25, 0.3) is 0 Å². The monoisotopic (exact) mass is 400 g/mol. The number of aliphatic hydroxyl groups excluding tert-OH is 1. The van der Waals surface area contributed by atoms with Crippen LogP contribution >= 0.6 is 11.6 Å². The number of rotatable bonds is 1. The van der Waals surface area contributed by atoms with E-state index in [2.05, 4.69) is 0 Å². The number of fused-ring (bicyclic) bond motifs is 1.